The van der Waals surface area contributed by atoms with Gasteiger partial charge < -0.3 is 25.0 Å². The Hall–Kier alpha value is -2.87. The van der Waals surface area contributed by atoms with Gasteiger partial charge >= 0.3 is 6.61 Å². The number of halogens is 2. The van der Waals surface area contributed by atoms with Gasteiger partial charge in [-0.15, -0.1) is 0 Å². The fraction of sp³-hybridized carbons (Fsp3) is 0.435. The number of morpholine rings is 1. The first kappa shape index (κ1) is 22.8. The van der Waals surface area contributed by atoms with Crippen LogP contribution in [0.25, 0.3) is 0 Å². The molecule has 2 aromatic carbocycles. The molecule has 1 aliphatic rings. The molecule has 1 aliphatic heterocycles. The normalized spacial score (nSPS) is 14.6. The molecule has 3 rings (SSSR count). The summed E-state index contributed by atoms with van der Waals surface area (Å²) in [6, 6.07) is 13.4. The van der Waals surface area contributed by atoms with Gasteiger partial charge in [0.05, 0.1) is 19.8 Å². The average Bonchev–Trinajstić information content (AvgIpc) is 2.78. The van der Waals surface area contributed by atoms with Crippen LogP contribution in [0.4, 0.5) is 14.5 Å². The summed E-state index contributed by atoms with van der Waals surface area (Å²) in [6.45, 7) is 5.72. The summed E-state index contributed by atoms with van der Waals surface area (Å²) in [4.78, 5) is 6.91. The number of para-hydroxylation sites is 1. The van der Waals surface area contributed by atoms with Crippen LogP contribution in [-0.2, 0) is 17.8 Å². The van der Waals surface area contributed by atoms with Crippen molar-refractivity contribution in [2.24, 2.45) is 4.99 Å². The van der Waals surface area contributed by atoms with E-state index in [2.05, 4.69) is 37.4 Å². The first-order chi connectivity index (χ1) is 15.1. The molecular weight excluding hydrogens is 402 g/mol. The second-order valence-corrected chi connectivity index (χ2v) is 7.27. The summed E-state index contributed by atoms with van der Waals surface area (Å²) in [7, 11) is 0. The lowest BCUT2D eigenvalue weighted by Gasteiger charge is -2.30. The molecule has 6 nitrogen and oxygen atoms in total. The quantitative estimate of drug-likeness (QED) is 0.492. The largest absolute Gasteiger partial charge is 0.434 e. The molecule has 8 heteroatoms. The highest BCUT2D eigenvalue weighted by Crippen LogP contribution is 2.23. The fourth-order valence-electron chi connectivity index (χ4n) is 3.50. The average molecular weight is 433 g/mol. The van der Waals surface area contributed by atoms with Crippen molar-refractivity contribution in [2.45, 2.75) is 33.5 Å². The number of rotatable bonds is 8. The minimum atomic E-state index is -2.87. The summed E-state index contributed by atoms with van der Waals surface area (Å²) < 4.78 is 35.6. The van der Waals surface area contributed by atoms with Gasteiger partial charge in [-0.25, -0.2) is 4.99 Å². The molecule has 0 aromatic heterocycles. The lowest BCUT2D eigenvalue weighted by Crippen LogP contribution is -2.39. The maximum Gasteiger partial charge on any atom is 0.387 e. The Morgan fingerprint density at radius 3 is 2.65 bits per heavy atom. The van der Waals surface area contributed by atoms with E-state index in [9.17, 15) is 8.78 Å². The number of nitrogens with zero attached hydrogens (tertiary/aromatic N) is 2. The van der Waals surface area contributed by atoms with E-state index in [-0.39, 0.29) is 12.3 Å². The molecule has 0 unspecified atom stereocenters. The Balaban J connectivity index is 1.71. The molecule has 0 amide bonds. The van der Waals surface area contributed by atoms with E-state index in [0.29, 0.717) is 24.6 Å². The summed E-state index contributed by atoms with van der Waals surface area (Å²) in [6.07, 6.45) is 0. The van der Waals surface area contributed by atoms with Gasteiger partial charge in [-0.3, -0.25) is 0 Å². The van der Waals surface area contributed by atoms with Crippen LogP contribution in [0.2, 0.25) is 0 Å². The lowest BCUT2D eigenvalue weighted by atomic mass is 10.1. The Morgan fingerprint density at radius 2 is 1.90 bits per heavy atom. The number of nitrogens with one attached hydrogen (secondary N) is 2. The van der Waals surface area contributed by atoms with Crippen molar-refractivity contribution in [3.63, 3.8) is 0 Å². The van der Waals surface area contributed by atoms with Crippen molar-refractivity contribution >= 4 is 11.6 Å². The molecule has 31 heavy (non-hydrogen) atoms. The van der Waals surface area contributed by atoms with E-state index in [1.807, 2.05) is 32.0 Å². The molecule has 1 fully saturated rings. The van der Waals surface area contributed by atoms with Crippen LogP contribution in [0.15, 0.2) is 47.5 Å². The van der Waals surface area contributed by atoms with E-state index >= 15 is 0 Å². The highest BCUT2D eigenvalue weighted by Gasteiger charge is 2.15. The number of anilines is 1. The van der Waals surface area contributed by atoms with Crippen molar-refractivity contribution < 1.29 is 18.3 Å². The molecule has 1 saturated heterocycles. The van der Waals surface area contributed by atoms with Crippen LogP contribution >= 0.6 is 0 Å². The van der Waals surface area contributed by atoms with Crippen molar-refractivity contribution in [2.75, 3.05) is 37.7 Å². The van der Waals surface area contributed by atoms with Crippen LogP contribution in [0.1, 0.15) is 23.6 Å². The molecule has 0 spiro atoms. The predicted molar refractivity (Wildman–Crippen MR) is 119 cm³/mol. The lowest BCUT2D eigenvalue weighted by molar-refractivity contribution is -0.0504. The smallest absolute Gasteiger partial charge is 0.387 e. The molecule has 1 heterocycles. The first-order valence-corrected chi connectivity index (χ1v) is 10.5. The minimum absolute atomic E-state index is 0.151. The molecular formula is C23H30F2N4O2. The molecule has 0 bridgehead atoms. The van der Waals surface area contributed by atoms with E-state index in [1.54, 1.807) is 12.1 Å². The Bertz CT molecular complexity index is 870. The van der Waals surface area contributed by atoms with Crippen LogP contribution in [0.3, 0.4) is 0 Å². The second kappa shape index (κ2) is 11.5. The predicted octanol–water partition coefficient (Wildman–Crippen LogP) is 3.69. The van der Waals surface area contributed by atoms with Crippen molar-refractivity contribution in [3.8, 4) is 5.75 Å². The Labute approximate surface area is 182 Å². The van der Waals surface area contributed by atoms with Crippen LogP contribution in [0, 0.1) is 6.92 Å². The molecule has 0 saturated carbocycles. The van der Waals surface area contributed by atoms with E-state index in [0.717, 1.165) is 37.4 Å². The number of aryl methyl sites for hydroxylation is 1. The molecule has 0 aliphatic carbocycles. The molecule has 0 radical (unpaired) electrons. The van der Waals surface area contributed by atoms with E-state index in [1.165, 1.54) is 5.69 Å². The zero-order chi connectivity index (χ0) is 22.1. The Kier molecular flexibility index (Phi) is 8.46. The van der Waals surface area contributed by atoms with Gasteiger partial charge in [0.15, 0.2) is 5.96 Å². The highest BCUT2D eigenvalue weighted by molar-refractivity contribution is 5.80. The number of hydrogen-bond acceptors (Lipinski definition) is 4. The third-order valence-electron chi connectivity index (χ3n) is 4.97. The molecule has 2 N–H and O–H groups in total. The van der Waals surface area contributed by atoms with Gasteiger partial charge in [0.25, 0.3) is 0 Å². The van der Waals surface area contributed by atoms with Gasteiger partial charge in [0, 0.05) is 37.4 Å². The van der Waals surface area contributed by atoms with Gasteiger partial charge in [-0.1, -0.05) is 35.9 Å². The summed E-state index contributed by atoms with van der Waals surface area (Å²) in [5.74, 6) is 0.765. The van der Waals surface area contributed by atoms with Gasteiger partial charge in [-0.05, 0) is 31.5 Å². The monoisotopic (exact) mass is 432 g/mol. The van der Waals surface area contributed by atoms with Gasteiger partial charge in [-0.2, -0.15) is 8.78 Å². The van der Waals surface area contributed by atoms with E-state index in [4.69, 9.17) is 4.74 Å². The van der Waals surface area contributed by atoms with Crippen LogP contribution < -0.4 is 20.3 Å². The van der Waals surface area contributed by atoms with E-state index < -0.39 is 6.61 Å². The highest BCUT2D eigenvalue weighted by atomic mass is 19.3. The Morgan fingerprint density at radius 1 is 1.13 bits per heavy atom. The van der Waals surface area contributed by atoms with Crippen molar-refractivity contribution in [3.05, 3.63) is 59.2 Å². The number of alkyl halides is 2. The van der Waals surface area contributed by atoms with Gasteiger partial charge in [0.2, 0.25) is 0 Å². The number of benzene rings is 2. The molecule has 0 atom stereocenters. The third-order valence-corrected chi connectivity index (χ3v) is 4.97. The van der Waals surface area contributed by atoms with Crippen molar-refractivity contribution in [1.82, 2.24) is 10.6 Å². The number of ether oxygens (including phenoxy) is 2. The third kappa shape index (κ3) is 6.82. The molecule has 168 valence electrons. The van der Waals surface area contributed by atoms with Crippen LogP contribution in [-0.4, -0.2) is 45.4 Å². The number of hydrogen-bond donors (Lipinski definition) is 2. The zero-order valence-electron chi connectivity index (χ0n) is 18.0. The van der Waals surface area contributed by atoms with Gasteiger partial charge in [0.1, 0.15) is 5.75 Å². The maximum absolute atomic E-state index is 12.7. The first-order valence-electron chi connectivity index (χ1n) is 10.5. The maximum atomic E-state index is 12.7. The SMILES string of the molecule is CCNC(=NCc1cc(C)ccc1OC(F)F)NCc1ccccc1N1CCOCC1. The summed E-state index contributed by atoms with van der Waals surface area (Å²) >= 11 is 0. The zero-order valence-corrected chi connectivity index (χ0v) is 18.0. The van der Waals surface area contributed by atoms with Crippen molar-refractivity contribution in [1.29, 1.82) is 0 Å². The summed E-state index contributed by atoms with van der Waals surface area (Å²) in [5.41, 5.74) is 3.92. The topological polar surface area (TPSA) is 58.1 Å². The summed E-state index contributed by atoms with van der Waals surface area (Å²) in [5, 5.41) is 6.57. The standard InChI is InChI=1S/C23H30F2N4O2/c1-3-26-23(28-16-19-14-17(2)8-9-21(19)31-22(24)25)27-15-18-6-4-5-7-20(18)29-10-12-30-13-11-29/h4-9,14,22H,3,10-13,15-16H2,1-2H3,(H2,26,27,28). The molecule has 2 aromatic rings. The van der Waals surface area contributed by atoms with Crippen LogP contribution in [0.5, 0.6) is 5.75 Å². The fourth-order valence-corrected chi connectivity index (χ4v) is 3.50. The number of guanidine groups is 1. The number of aliphatic imine (C=N–C) groups is 1. The minimum Gasteiger partial charge on any atom is -0.434 e. The second-order valence-electron chi connectivity index (χ2n) is 7.27.